The number of hydrogen-bond donors (Lipinski definition) is 3. The van der Waals surface area contributed by atoms with E-state index < -0.39 is 11.2 Å². The van der Waals surface area contributed by atoms with Gasteiger partial charge in [0.15, 0.2) is 0 Å². The van der Waals surface area contributed by atoms with E-state index in [-0.39, 0.29) is 18.9 Å². The van der Waals surface area contributed by atoms with Gasteiger partial charge in [-0.3, -0.25) is 14.6 Å². The first-order valence-electron chi connectivity index (χ1n) is 6.41. The number of benzene rings is 1. The Bertz CT molecular complexity index is 776. The van der Waals surface area contributed by atoms with Crippen LogP contribution in [-0.2, 0) is 11.3 Å². The number of hydrogen-bond acceptors (Lipinski definition) is 4. The summed E-state index contributed by atoms with van der Waals surface area (Å²) >= 11 is 0. The molecule has 2 aromatic rings. The number of H-pyrrole nitrogens is 1. The maximum absolute atomic E-state index is 11.9. The summed E-state index contributed by atoms with van der Waals surface area (Å²) in [5.41, 5.74) is 6.83. The molecular formula is C14H16N4O3. The van der Waals surface area contributed by atoms with Gasteiger partial charge in [-0.15, -0.1) is 0 Å². The van der Waals surface area contributed by atoms with E-state index in [0.717, 1.165) is 5.56 Å². The highest BCUT2D eigenvalue weighted by Gasteiger charge is 2.06. The molecule has 1 amide bonds. The van der Waals surface area contributed by atoms with E-state index in [9.17, 15) is 14.4 Å². The summed E-state index contributed by atoms with van der Waals surface area (Å²) in [5.74, 6) is -0.221. The second-order valence-corrected chi connectivity index (χ2v) is 4.68. The average molecular weight is 288 g/mol. The minimum Gasteiger partial charge on any atom is -0.399 e. The zero-order valence-corrected chi connectivity index (χ0v) is 11.6. The molecule has 0 atom stereocenters. The van der Waals surface area contributed by atoms with E-state index in [1.54, 1.807) is 18.2 Å². The van der Waals surface area contributed by atoms with Crippen LogP contribution in [0.2, 0.25) is 0 Å². The Kier molecular flexibility index (Phi) is 4.22. The largest absolute Gasteiger partial charge is 0.399 e. The molecule has 0 radical (unpaired) electrons. The van der Waals surface area contributed by atoms with E-state index in [2.05, 4.69) is 10.3 Å². The van der Waals surface area contributed by atoms with Crippen molar-refractivity contribution in [3.8, 4) is 0 Å². The highest BCUT2D eigenvalue weighted by atomic mass is 16.2. The Morgan fingerprint density at radius 2 is 2.10 bits per heavy atom. The number of aryl methyl sites for hydroxylation is 2. The van der Waals surface area contributed by atoms with Crippen LogP contribution >= 0.6 is 0 Å². The van der Waals surface area contributed by atoms with Crippen molar-refractivity contribution >= 4 is 17.3 Å². The number of nitrogens with two attached hydrogens (primary N) is 1. The Morgan fingerprint density at radius 1 is 1.33 bits per heavy atom. The maximum Gasteiger partial charge on any atom is 0.328 e. The number of amides is 1. The standard InChI is InChI=1S/C14H16N4O3/c1-9-8-10(15)2-3-11(9)16-12(19)4-6-18-7-5-13(20)17-14(18)21/h2-3,5,7-8H,4,6,15H2,1H3,(H,16,19)(H,17,20,21). The fourth-order valence-electron chi connectivity index (χ4n) is 1.88. The minimum atomic E-state index is -0.529. The number of aromatic amines is 1. The first kappa shape index (κ1) is 14.6. The van der Waals surface area contributed by atoms with Crippen LogP contribution in [0.15, 0.2) is 40.1 Å². The fraction of sp³-hybridized carbons (Fsp3) is 0.214. The fourth-order valence-corrected chi connectivity index (χ4v) is 1.88. The second-order valence-electron chi connectivity index (χ2n) is 4.68. The van der Waals surface area contributed by atoms with Crippen LogP contribution in [-0.4, -0.2) is 15.5 Å². The lowest BCUT2D eigenvalue weighted by atomic mass is 10.2. The zero-order valence-electron chi connectivity index (χ0n) is 11.6. The van der Waals surface area contributed by atoms with Gasteiger partial charge in [0.05, 0.1) is 0 Å². The molecule has 0 aliphatic rings. The first-order chi connectivity index (χ1) is 9.95. The van der Waals surface area contributed by atoms with Gasteiger partial charge in [0.1, 0.15) is 0 Å². The zero-order chi connectivity index (χ0) is 15.4. The number of nitrogens with one attached hydrogen (secondary N) is 2. The predicted molar refractivity (Wildman–Crippen MR) is 80.2 cm³/mol. The lowest BCUT2D eigenvalue weighted by molar-refractivity contribution is -0.116. The number of carbonyl (C=O) groups excluding carboxylic acids is 1. The van der Waals surface area contributed by atoms with Crippen LogP contribution in [0.3, 0.4) is 0 Å². The van der Waals surface area contributed by atoms with Gasteiger partial charge in [-0.2, -0.15) is 0 Å². The molecule has 0 bridgehead atoms. The number of rotatable bonds is 4. The average Bonchev–Trinajstić information content (AvgIpc) is 2.41. The van der Waals surface area contributed by atoms with Crippen LogP contribution in [0, 0.1) is 6.92 Å². The molecule has 1 aromatic heterocycles. The number of nitrogens with zero attached hydrogens (tertiary/aromatic N) is 1. The highest BCUT2D eigenvalue weighted by Crippen LogP contribution is 2.17. The molecule has 0 aliphatic heterocycles. The van der Waals surface area contributed by atoms with Gasteiger partial charge < -0.3 is 15.6 Å². The van der Waals surface area contributed by atoms with Crippen LogP contribution in [0.25, 0.3) is 0 Å². The Balaban J connectivity index is 1.99. The summed E-state index contributed by atoms with van der Waals surface area (Å²) in [6.45, 7) is 2.04. The van der Waals surface area contributed by atoms with E-state index in [0.29, 0.717) is 11.4 Å². The SMILES string of the molecule is Cc1cc(N)ccc1NC(=O)CCn1ccc(=O)[nH]c1=O. The van der Waals surface area contributed by atoms with Crippen molar-refractivity contribution in [2.75, 3.05) is 11.1 Å². The van der Waals surface area contributed by atoms with Crippen molar-refractivity contribution in [2.45, 2.75) is 19.9 Å². The lowest BCUT2D eigenvalue weighted by Gasteiger charge is -2.09. The highest BCUT2D eigenvalue weighted by molar-refractivity contribution is 5.91. The lowest BCUT2D eigenvalue weighted by Crippen LogP contribution is -2.29. The first-order valence-corrected chi connectivity index (χ1v) is 6.41. The molecule has 21 heavy (non-hydrogen) atoms. The molecule has 0 saturated carbocycles. The molecule has 0 spiro atoms. The van der Waals surface area contributed by atoms with Crippen molar-refractivity contribution in [2.24, 2.45) is 0 Å². The van der Waals surface area contributed by atoms with E-state index >= 15 is 0 Å². The minimum absolute atomic E-state index is 0.121. The van der Waals surface area contributed by atoms with Crippen LogP contribution in [0.1, 0.15) is 12.0 Å². The number of anilines is 2. The molecule has 4 N–H and O–H groups in total. The molecule has 0 aliphatic carbocycles. The van der Waals surface area contributed by atoms with Gasteiger partial charge in [-0.05, 0) is 30.7 Å². The second kappa shape index (κ2) is 6.08. The van der Waals surface area contributed by atoms with Crippen molar-refractivity contribution in [1.82, 2.24) is 9.55 Å². The third-order valence-corrected chi connectivity index (χ3v) is 3.00. The van der Waals surface area contributed by atoms with Crippen molar-refractivity contribution < 1.29 is 4.79 Å². The quantitative estimate of drug-likeness (QED) is 0.710. The molecule has 2 rings (SSSR count). The van der Waals surface area contributed by atoms with E-state index in [1.165, 1.54) is 16.8 Å². The van der Waals surface area contributed by atoms with E-state index in [4.69, 9.17) is 5.73 Å². The van der Waals surface area contributed by atoms with Crippen molar-refractivity contribution in [3.63, 3.8) is 0 Å². The number of nitrogen functional groups attached to an aromatic ring is 1. The maximum atomic E-state index is 11.9. The topological polar surface area (TPSA) is 110 Å². The number of aromatic nitrogens is 2. The summed E-state index contributed by atoms with van der Waals surface area (Å²) in [6.07, 6.45) is 1.48. The Hall–Kier alpha value is -2.83. The molecule has 110 valence electrons. The molecule has 0 unspecified atom stereocenters. The third-order valence-electron chi connectivity index (χ3n) is 3.00. The van der Waals surface area contributed by atoms with Crippen molar-refractivity contribution in [1.29, 1.82) is 0 Å². The Morgan fingerprint density at radius 3 is 2.76 bits per heavy atom. The summed E-state index contributed by atoms with van der Waals surface area (Å²) in [5, 5.41) is 2.76. The summed E-state index contributed by atoms with van der Waals surface area (Å²) in [7, 11) is 0. The molecule has 0 saturated heterocycles. The smallest absolute Gasteiger partial charge is 0.328 e. The van der Waals surface area contributed by atoms with Gasteiger partial charge in [0.2, 0.25) is 5.91 Å². The van der Waals surface area contributed by atoms with Gasteiger partial charge in [-0.1, -0.05) is 0 Å². The summed E-state index contributed by atoms with van der Waals surface area (Å²) in [6, 6.07) is 6.44. The van der Waals surface area contributed by atoms with Gasteiger partial charge in [-0.25, -0.2) is 4.79 Å². The molecule has 7 heteroatoms. The molecule has 0 fully saturated rings. The van der Waals surface area contributed by atoms with Crippen LogP contribution in [0.5, 0.6) is 0 Å². The third kappa shape index (κ3) is 3.82. The Labute approximate surface area is 120 Å². The van der Waals surface area contributed by atoms with Gasteiger partial charge in [0, 0.05) is 36.6 Å². The van der Waals surface area contributed by atoms with Crippen LogP contribution < -0.4 is 22.3 Å². The predicted octanol–water partition coefficient (Wildman–Crippen LogP) is 0.456. The molecule has 7 nitrogen and oxygen atoms in total. The van der Waals surface area contributed by atoms with Gasteiger partial charge in [0.25, 0.3) is 5.56 Å². The van der Waals surface area contributed by atoms with E-state index in [1.807, 2.05) is 6.92 Å². The summed E-state index contributed by atoms with van der Waals surface area (Å²) < 4.78 is 1.27. The monoisotopic (exact) mass is 288 g/mol. The normalized spacial score (nSPS) is 10.3. The molecular weight excluding hydrogens is 272 g/mol. The van der Waals surface area contributed by atoms with Crippen LogP contribution in [0.4, 0.5) is 11.4 Å². The molecule has 1 aromatic carbocycles. The summed E-state index contributed by atoms with van der Waals surface area (Å²) in [4.78, 5) is 36.4. The number of carbonyl (C=O) groups is 1. The molecule has 1 heterocycles. The van der Waals surface area contributed by atoms with Gasteiger partial charge >= 0.3 is 5.69 Å². The van der Waals surface area contributed by atoms with Crippen molar-refractivity contribution in [3.05, 3.63) is 56.9 Å².